The van der Waals surface area contributed by atoms with Crippen molar-refractivity contribution in [3.63, 3.8) is 0 Å². The Balaban J connectivity index is 0.00000144. The Morgan fingerprint density at radius 1 is 1.46 bits per heavy atom. The zero-order valence-corrected chi connectivity index (χ0v) is 8.43. The van der Waals surface area contributed by atoms with E-state index in [1.807, 2.05) is 4.90 Å². The minimum atomic E-state index is -0.667. The van der Waals surface area contributed by atoms with Gasteiger partial charge in [0.15, 0.2) is 0 Å². The van der Waals surface area contributed by atoms with Gasteiger partial charge in [-0.05, 0) is 19.8 Å². The number of carboxylic acids is 1. The largest absolute Gasteiger partial charge is 0.481 e. The molecule has 4 heteroatoms. The number of halogens is 1. The number of likely N-dealkylation sites (tertiary alicyclic amines) is 1. The highest BCUT2D eigenvalue weighted by Gasteiger charge is 2.22. The predicted octanol–water partition coefficient (Wildman–Crippen LogP) is 1.19. The van der Waals surface area contributed by atoms with Crippen molar-refractivity contribution in [3.8, 4) is 12.0 Å². The fourth-order valence-electron chi connectivity index (χ4n) is 1.40. The van der Waals surface area contributed by atoms with Gasteiger partial charge in [0.1, 0.15) is 0 Å². The quantitative estimate of drug-likeness (QED) is 0.651. The topological polar surface area (TPSA) is 40.5 Å². The SMILES string of the molecule is CC#CN1CCC(C(=O)O)CC1.Cl. The highest BCUT2D eigenvalue weighted by atomic mass is 35.5. The normalized spacial score (nSPS) is 16.8. The van der Waals surface area contributed by atoms with Crippen LogP contribution >= 0.6 is 12.4 Å². The second kappa shape index (κ2) is 5.71. The molecule has 0 aromatic heterocycles. The molecule has 0 saturated carbocycles. The summed E-state index contributed by atoms with van der Waals surface area (Å²) in [5.41, 5.74) is 0. The van der Waals surface area contributed by atoms with E-state index in [0.717, 1.165) is 25.9 Å². The van der Waals surface area contributed by atoms with Gasteiger partial charge in [0.2, 0.25) is 0 Å². The molecular formula is C9H14ClNO2. The lowest BCUT2D eigenvalue weighted by atomic mass is 9.98. The Bertz CT molecular complexity index is 224. The summed E-state index contributed by atoms with van der Waals surface area (Å²) in [6.07, 6.45) is 1.45. The van der Waals surface area contributed by atoms with Crippen molar-refractivity contribution in [1.29, 1.82) is 0 Å². The van der Waals surface area contributed by atoms with Gasteiger partial charge < -0.3 is 10.0 Å². The van der Waals surface area contributed by atoms with Gasteiger partial charge in [0, 0.05) is 19.1 Å². The number of aliphatic carboxylic acids is 1. The zero-order chi connectivity index (χ0) is 8.97. The van der Waals surface area contributed by atoms with Gasteiger partial charge in [-0.15, -0.1) is 12.4 Å². The average molecular weight is 204 g/mol. The van der Waals surface area contributed by atoms with Crippen molar-refractivity contribution in [2.24, 2.45) is 5.92 Å². The van der Waals surface area contributed by atoms with E-state index < -0.39 is 5.97 Å². The maximum absolute atomic E-state index is 10.6. The van der Waals surface area contributed by atoms with Gasteiger partial charge in [-0.25, -0.2) is 0 Å². The summed E-state index contributed by atoms with van der Waals surface area (Å²) in [6.45, 7) is 3.37. The second-order valence-electron chi connectivity index (χ2n) is 2.96. The van der Waals surface area contributed by atoms with E-state index in [0.29, 0.717) is 0 Å². The molecule has 0 aliphatic carbocycles. The van der Waals surface area contributed by atoms with E-state index >= 15 is 0 Å². The van der Waals surface area contributed by atoms with Crippen LogP contribution in [-0.4, -0.2) is 29.1 Å². The van der Waals surface area contributed by atoms with Crippen LogP contribution in [0.15, 0.2) is 0 Å². The highest BCUT2D eigenvalue weighted by molar-refractivity contribution is 5.85. The fourth-order valence-corrected chi connectivity index (χ4v) is 1.40. The van der Waals surface area contributed by atoms with E-state index in [2.05, 4.69) is 12.0 Å². The minimum absolute atomic E-state index is 0. The third-order valence-electron chi connectivity index (χ3n) is 2.11. The Morgan fingerprint density at radius 3 is 2.38 bits per heavy atom. The molecule has 1 heterocycles. The van der Waals surface area contributed by atoms with Crippen molar-refractivity contribution >= 4 is 18.4 Å². The number of nitrogens with zero attached hydrogens (tertiary/aromatic N) is 1. The van der Waals surface area contributed by atoms with Crippen LogP contribution in [0.25, 0.3) is 0 Å². The Morgan fingerprint density at radius 2 is 2.00 bits per heavy atom. The molecule has 0 aromatic carbocycles. The van der Waals surface area contributed by atoms with Crippen molar-refractivity contribution in [1.82, 2.24) is 4.90 Å². The summed E-state index contributed by atoms with van der Waals surface area (Å²) in [5.74, 6) is 1.99. The maximum atomic E-state index is 10.6. The number of carbonyl (C=O) groups is 1. The number of hydrogen-bond donors (Lipinski definition) is 1. The molecule has 3 nitrogen and oxygen atoms in total. The lowest BCUT2D eigenvalue weighted by Gasteiger charge is -2.26. The van der Waals surface area contributed by atoms with Gasteiger partial charge in [-0.2, -0.15) is 0 Å². The van der Waals surface area contributed by atoms with Gasteiger partial charge >= 0.3 is 5.97 Å². The molecule has 1 saturated heterocycles. The first-order chi connectivity index (χ1) is 5.74. The predicted molar refractivity (Wildman–Crippen MR) is 52.6 cm³/mol. The van der Waals surface area contributed by atoms with Crippen molar-refractivity contribution in [3.05, 3.63) is 0 Å². The van der Waals surface area contributed by atoms with Crippen molar-refractivity contribution < 1.29 is 9.90 Å². The third-order valence-corrected chi connectivity index (χ3v) is 2.11. The lowest BCUT2D eigenvalue weighted by Crippen LogP contribution is -2.33. The van der Waals surface area contributed by atoms with Crippen LogP contribution in [0, 0.1) is 17.9 Å². The second-order valence-corrected chi connectivity index (χ2v) is 2.96. The lowest BCUT2D eigenvalue weighted by molar-refractivity contribution is -0.143. The summed E-state index contributed by atoms with van der Waals surface area (Å²) in [7, 11) is 0. The smallest absolute Gasteiger partial charge is 0.306 e. The molecule has 13 heavy (non-hydrogen) atoms. The van der Waals surface area contributed by atoms with E-state index in [4.69, 9.17) is 5.11 Å². The maximum Gasteiger partial charge on any atom is 0.306 e. The third kappa shape index (κ3) is 3.56. The van der Waals surface area contributed by atoms with Crippen molar-refractivity contribution in [2.45, 2.75) is 19.8 Å². The fraction of sp³-hybridized carbons (Fsp3) is 0.667. The molecule has 0 unspecified atom stereocenters. The van der Waals surface area contributed by atoms with Crippen LogP contribution in [0.5, 0.6) is 0 Å². The van der Waals surface area contributed by atoms with Gasteiger partial charge in [-0.3, -0.25) is 4.79 Å². The van der Waals surface area contributed by atoms with Gasteiger partial charge in [0.25, 0.3) is 0 Å². The molecular weight excluding hydrogens is 190 g/mol. The summed E-state index contributed by atoms with van der Waals surface area (Å²) in [5, 5.41) is 8.70. The summed E-state index contributed by atoms with van der Waals surface area (Å²) in [4.78, 5) is 12.5. The molecule has 0 atom stereocenters. The molecule has 1 rings (SSSR count). The summed E-state index contributed by atoms with van der Waals surface area (Å²) in [6, 6.07) is 2.93. The van der Waals surface area contributed by atoms with E-state index in [9.17, 15) is 4.79 Å². The number of rotatable bonds is 1. The van der Waals surface area contributed by atoms with Crippen LogP contribution in [0.1, 0.15) is 19.8 Å². The molecule has 1 fully saturated rings. The first-order valence-electron chi connectivity index (χ1n) is 4.14. The Hall–Kier alpha value is -0.880. The van der Waals surface area contributed by atoms with Crippen LogP contribution in [0.2, 0.25) is 0 Å². The standard InChI is InChI=1S/C9H13NO2.ClH/c1-2-5-10-6-3-8(4-7-10)9(11)12;/h8H,3-4,6-7H2,1H3,(H,11,12);1H. The Kier molecular flexibility index (Phi) is 5.33. The van der Waals surface area contributed by atoms with E-state index in [-0.39, 0.29) is 18.3 Å². The molecule has 0 amide bonds. The van der Waals surface area contributed by atoms with Crippen molar-refractivity contribution in [2.75, 3.05) is 13.1 Å². The molecule has 1 aliphatic rings. The molecule has 74 valence electrons. The van der Waals surface area contributed by atoms with E-state index in [1.54, 1.807) is 6.92 Å². The number of piperidine rings is 1. The minimum Gasteiger partial charge on any atom is -0.481 e. The summed E-state index contributed by atoms with van der Waals surface area (Å²) >= 11 is 0. The average Bonchev–Trinajstić information content (AvgIpc) is 2.06. The molecule has 0 spiro atoms. The molecule has 0 radical (unpaired) electrons. The molecule has 1 aliphatic heterocycles. The first-order valence-corrected chi connectivity index (χ1v) is 4.14. The highest BCUT2D eigenvalue weighted by Crippen LogP contribution is 2.16. The number of hydrogen-bond acceptors (Lipinski definition) is 2. The first kappa shape index (κ1) is 12.1. The molecule has 0 bridgehead atoms. The van der Waals surface area contributed by atoms with Gasteiger partial charge in [0.05, 0.1) is 5.92 Å². The summed E-state index contributed by atoms with van der Waals surface area (Å²) < 4.78 is 0. The zero-order valence-electron chi connectivity index (χ0n) is 7.62. The Labute approximate surface area is 84.5 Å². The van der Waals surface area contributed by atoms with Crippen LogP contribution < -0.4 is 0 Å². The van der Waals surface area contributed by atoms with Crippen LogP contribution in [0.4, 0.5) is 0 Å². The molecule has 0 aromatic rings. The van der Waals surface area contributed by atoms with Crippen LogP contribution in [-0.2, 0) is 4.79 Å². The molecule has 1 N–H and O–H groups in total. The monoisotopic (exact) mass is 203 g/mol. The van der Waals surface area contributed by atoms with Crippen LogP contribution in [0.3, 0.4) is 0 Å². The number of carboxylic acid groups (broad SMARTS) is 1. The van der Waals surface area contributed by atoms with Gasteiger partial charge in [-0.1, -0.05) is 5.92 Å². The van der Waals surface area contributed by atoms with E-state index in [1.165, 1.54) is 0 Å².